The van der Waals surface area contributed by atoms with Gasteiger partial charge in [0.25, 0.3) is 5.91 Å². The molecule has 0 radical (unpaired) electrons. The van der Waals surface area contributed by atoms with Crippen LogP contribution in [0, 0.1) is 17.8 Å². The first-order valence-corrected chi connectivity index (χ1v) is 11.3. The quantitative estimate of drug-likeness (QED) is 0.564. The number of rotatable bonds is 8. The van der Waals surface area contributed by atoms with Gasteiger partial charge in [-0.25, -0.2) is 15.0 Å². The second-order valence-corrected chi connectivity index (χ2v) is 8.77. The van der Waals surface area contributed by atoms with Crippen molar-refractivity contribution >= 4 is 29.5 Å². The average Bonchev–Trinajstić information content (AvgIpc) is 3.64. The molecule has 0 aromatic carbocycles. The first kappa shape index (κ1) is 24.6. The molecule has 1 aliphatic heterocycles. The van der Waals surface area contributed by atoms with E-state index in [0.29, 0.717) is 23.3 Å². The summed E-state index contributed by atoms with van der Waals surface area (Å²) in [5.41, 5.74) is 6.33. The lowest BCUT2D eigenvalue weighted by Crippen LogP contribution is -2.69. The molecule has 1 saturated carbocycles. The molecule has 35 heavy (non-hydrogen) atoms. The summed E-state index contributed by atoms with van der Waals surface area (Å²) in [4.78, 5) is 53.5. The van der Waals surface area contributed by atoms with Crippen LogP contribution in [0.2, 0.25) is 0 Å². The highest BCUT2D eigenvalue weighted by atomic mass is 19.4. The third-order valence-electron chi connectivity index (χ3n) is 6.42. The predicted molar refractivity (Wildman–Crippen MR) is 118 cm³/mol. The van der Waals surface area contributed by atoms with Crippen LogP contribution < -0.4 is 10.6 Å². The van der Waals surface area contributed by atoms with Gasteiger partial charge in [0.05, 0.1) is 11.8 Å². The highest BCUT2D eigenvalue weighted by molar-refractivity contribution is 6.12. The number of likely N-dealkylation sites (N-methyl/N-ethyl adjacent to an activating group) is 1. The number of imide groups is 1. The van der Waals surface area contributed by atoms with E-state index >= 15 is 0 Å². The zero-order valence-electron chi connectivity index (χ0n) is 19.0. The van der Waals surface area contributed by atoms with Crippen molar-refractivity contribution in [2.24, 2.45) is 17.8 Å². The zero-order valence-corrected chi connectivity index (χ0v) is 19.0. The van der Waals surface area contributed by atoms with E-state index in [0.717, 1.165) is 0 Å². The van der Waals surface area contributed by atoms with Crippen molar-refractivity contribution in [2.75, 3.05) is 17.2 Å². The number of anilines is 2. The number of nitrogens with two attached hydrogens (primary N) is 1. The van der Waals surface area contributed by atoms with Gasteiger partial charge >= 0.3 is 6.18 Å². The Bertz CT molecular complexity index is 1110. The highest BCUT2D eigenvalue weighted by Gasteiger charge is 2.57. The molecule has 3 atom stereocenters. The molecule has 9 nitrogen and oxygen atoms in total. The van der Waals surface area contributed by atoms with Gasteiger partial charge in [0.1, 0.15) is 11.9 Å². The van der Waals surface area contributed by atoms with Crippen LogP contribution in [-0.4, -0.2) is 56.3 Å². The largest absolute Gasteiger partial charge is 0.392 e. The summed E-state index contributed by atoms with van der Waals surface area (Å²) in [6.07, 6.45) is -0.263. The number of β-lactam (4-membered cyclic amide) rings is 1. The van der Waals surface area contributed by atoms with Crippen LogP contribution in [0.3, 0.4) is 0 Å². The number of hydrogen-bond donors (Lipinski definition) is 1. The molecule has 0 unspecified atom stereocenters. The van der Waals surface area contributed by atoms with Crippen molar-refractivity contribution in [2.45, 2.75) is 44.8 Å². The maximum Gasteiger partial charge on any atom is 0.392 e. The van der Waals surface area contributed by atoms with Gasteiger partial charge in [-0.3, -0.25) is 24.2 Å². The maximum atomic E-state index is 13.6. The third-order valence-corrected chi connectivity index (χ3v) is 6.42. The second kappa shape index (κ2) is 9.59. The minimum atomic E-state index is -4.56. The number of aromatic nitrogens is 3. The van der Waals surface area contributed by atoms with Gasteiger partial charge < -0.3 is 5.73 Å². The summed E-state index contributed by atoms with van der Waals surface area (Å²) in [5, 5.41) is 0. The molecule has 2 aliphatic rings. The molecule has 0 spiro atoms. The number of pyridine rings is 1. The summed E-state index contributed by atoms with van der Waals surface area (Å²) in [7, 11) is 0. The second-order valence-electron chi connectivity index (χ2n) is 8.77. The Kier molecular flexibility index (Phi) is 6.73. The van der Waals surface area contributed by atoms with Crippen LogP contribution in [0.4, 0.5) is 24.9 Å². The summed E-state index contributed by atoms with van der Waals surface area (Å²) in [6, 6.07) is 3.46. The third kappa shape index (κ3) is 5.10. The normalized spacial score (nSPS) is 20.8. The molecule has 12 heteroatoms. The molecular weight excluding hydrogens is 465 g/mol. The molecule has 3 heterocycles. The lowest BCUT2D eigenvalue weighted by molar-refractivity contribution is -0.191. The number of halogens is 3. The Hall–Kier alpha value is -3.57. The van der Waals surface area contributed by atoms with Gasteiger partial charge in [-0.1, -0.05) is 0 Å². The SMILES string of the molecule is CCN(C(=O)[C@@H]1[C@@H](Cc2ccnc(N)c2)C(=O)N1C(=O)C[C@@H](C1CC1)C(F)(F)F)c1ncccn1. The van der Waals surface area contributed by atoms with Crippen LogP contribution in [0.1, 0.15) is 31.7 Å². The first-order valence-electron chi connectivity index (χ1n) is 11.3. The van der Waals surface area contributed by atoms with Gasteiger partial charge in [-0.15, -0.1) is 0 Å². The summed E-state index contributed by atoms with van der Waals surface area (Å²) >= 11 is 0. The van der Waals surface area contributed by atoms with E-state index in [2.05, 4.69) is 15.0 Å². The minimum absolute atomic E-state index is 0.0737. The molecule has 186 valence electrons. The van der Waals surface area contributed by atoms with Crippen molar-refractivity contribution < 1.29 is 27.6 Å². The van der Waals surface area contributed by atoms with Crippen molar-refractivity contribution in [1.82, 2.24) is 19.9 Å². The van der Waals surface area contributed by atoms with Gasteiger partial charge in [-0.05, 0) is 55.9 Å². The minimum Gasteiger partial charge on any atom is -0.384 e. The smallest absolute Gasteiger partial charge is 0.384 e. The summed E-state index contributed by atoms with van der Waals surface area (Å²) < 4.78 is 40.7. The molecule has 3 amide bonds. The molecule has 0 bridgehead atoms. The number of likely N-dealkylation sites (tertiary alicyclic amines) is 1. The lowest BCUT2D eigenvalue weighted by atomic mass is 9.80. The van der Waals surface area contributed by atoms with Gasteiger partial charge in [0.2, 0.25) is 17.8 Å². The van der Waals surface area contributed by atoms with Crippen LogP contribution in [0.25, 0.3) is 0 Å². The van der Waals surface area contributed by atoms with E-state index in [1.54, 1.807) is 25.1 Å². The van der Waals surface area contributed by atoms with Gasteiger partial charge in [0.15, 0.2) is 0 Å². The number of carbonyl (C=O) groups is 3. The van der Waals surface area contributed by atoms with Crippen molar-refractivity contribution in [1.29, 1.82) is 0 Å². The van der Waals surface area contributed by atoms with E-state index in [1.807, 2.05) is 0 Å². The van der Waals surface area contributed by atoms with Crippen LogP contribution in [0.15, 0.2) is 36.8 Å². The number of hydrogen-bond acceptors (Lipinski definition) is 7. The fraction of sp³-hybridized carbons (Fsp3) is 0.478. The van der Waals surface area contributed by atoms with E-state index in [1.165, 1.54) is 23.5 Å². The number of alkyl halides is 3. The van der Waals surface area contributed by atoms with E-state index in [-0.39, 0.29) is 24.7 Å². The number of nitrogens with zero attached hydrogens (tertiary/aromatic N) is 5. The van der Waals surface area contributed by atoms with E-state index in [9.17, 15) is 27.6 Å². The average molecular weight is 490 g/mol. The Labute approximate surface area is 199 Å². The standard InChI is InChI=1S/C23H25F3N6O3/c1-2-31(22-29-7-3-8-30-22)21(35)19-15(10-13-6-9-28-17(27)11-13)20(34)32(19)18(33)12-16(14-4-5-14)23(24,25)26/h3,6-9,11,14-16,19H,2,4-5,10,12H2,1H3,(H2,27,28)/t15-,16+,19+/m1/s1. The summed E-state index contributed by atoms with van der Waals surface area (Å²) in [5.74, 6) is -5.45. The Morgan fingerprint density at radius 2 is 1.89 bits per heavy atom. The Morgan fingerprint density at radius 1 is 1.20 bits per heavy atom. The van der Waals surface area contributed by atoms with Crippen LogP contribution >= 0.6 is 0 Å². The van der Waals surface area contributed by atoms with Crippen LogP contribution in [0.5, 0.6) is 0 Å². The van der Waals surface area contributed by atoms with Crippen molar-refractivity contribution in [3.63, 3.8) is 0 Å². The van der Waals surface area contributed by atoms with Crippen molar-refractivity contribution in [3.8, 4) is 0 Å². The fourth-order valence-corrected chi connectivity index (χ4v) is 4.50. The molecule has 2 aromatic rings. The predicted octanol–water partition coefficient (Wildman–Crippen LogP) is 2.38. The van der Waals surface area contributed by atoms with Gasteiger partial charge in [0, 0.05) is 31.6 Å². The number of nitrogen functional groups attached to an aromatic ring is 1. The number of carbonyl (C=O) groups excluding carboxylic acids is 3. The Morgan fingerprint density at radius 3 is 2.46 bits per heavy atom. The van der Waals surface area contributed by atoms with E-state index in [4.69, 9.17) is 5.73 Å². The van der Waals surface area contributed by atoms with E-state index < -0.39 is 54.1 Å². The first-order chi connectivity index (χ1) is 16.6. The molecule has 1 saturated heterocycles. The monoisotopic (exact) mass is 490 g/mol. The molecule has 1 aliphatic carbocycles. The molecule has 2 fully saturated rings. The molecule has 4 rings (SSSR count). The zero-order chi connectivity index (χ0) is 25.3. The molecule has 2 aromatic heterocycles. The molecular formula is C23H25F3N6O3. The van der Waals surface area contributed by atoms with Gasteiger partial charge in [-0.2, -0.15) is 13.2 Å². The number of amides is 3. The highest BCUT2D eigenvalue weighted by Crippen LogP contribution is 2.47. The topological polar surface area (TPSA) is 122 Å². The summed E-state index contributed by atoms with van der Waals surface area (Å²) in [6.45, 7) is 1.81. The fourth-order valence-electron chi connectivity index (χ4n) is 4.50. The van der Waals surface area contributed by atoms with Crippen molar-refractivity contribution in [3.05, 3.63) is 42.4 Å². The van der Waals surface area contributed by atoms with Crippen LogP contribution in [-0.2, 0) is 20.8 Å². The Balaban J connectivity index is 1.62. The molecule has 2 N–H and O–H groups in total. The maximum absolute atomic E-state index is 13.6. The lowest BCUT2D eigenvalue weighted by Gasteiger charge is -2.46.